The zero-order valence-corrected chi connectivity index (χ0v) is 13.8. The predicted molar refractivity (Wildman–Crippen MR) is 90.0 cm³/mol. The lowest BCUT2D eigenvalue weighted by Crippen LogP contribution is -2.17. The number of hydrogen-bond acceptors (Lipinski definition) is 4. The Balaban J connectivity index is 1.69. The van der Waals surface area contributed by atoms with Crippen molar-refractivity contribution in [3.63, 3.8) is 0 Å². The lowest BCUT2D eigenvalue weighted by atomic mass is 10.2. The number of carbonyl (C=O) groups excluding carboxylic acids is 1. The molecule has 1 aromatic carbocycles. The molecular weight excluding hydrogens is 294 g/mol. The highest BCUT2D eigenvalue weighted by molar-refractivity contribution is 8.00. The largest absolute Gasteiger partial charge is 0.465 e. The summed E-state index contributed by atoms with van der Waals surface area (Å²) in [7, 11) is 0. The molecule has 1 heterocycles. The van der Waals surface area contributed by atoms with Gasteiger partial charge in [0.15, 0.2) is 0 Å². The van der Waals surface area contributed by atoms with E-state index in [4.69, 9.17) is 4.74 Å². The number of ether oxygens (including phenoxy) is 1. The van der Waals surface area contributed by atoms with E-state index in [1.165, 1.54) is 11.8 Å². The Hall–Kier alpha value is -1.81. The maximum Gasteiger partial charge on any atom is 0.319 e. The van der Waals surface area contributed by atoms with Gasteiger partial charge in [0.1, 0.15) is 5.25 Å². The normalized spacial score (nSPS) is 11.9. The molecule has 0 amide bonds. The number of thioether (sulfide) groups is 1. The van der Waals surface area contributed by atoms with Gasteiger partial charge in [-0.2, -0.15) is 0 Å². The van der Waals surface area contributed by atoms with Gasteiger partial charge < -0.3 is 4.74 Å². The molecular formula is C18H21NO2S. The lowest BCUT2D eigenvalue weighted by Gasteiger charge is -2.11. The first-order chi connectivity index (χ1) is 10.6. The standard InChI is InChI=1S/C18H21NO2S/c1-14-8-6-9-16(19-14)10-7-13-21-18(20)15(2)22-17-11-4-3-5-12-17/h3-6,8-9,11-12,15H,7,10,13H2,1-2H3. The van der Waals surface area contributed by atoms with Crippen LogP contribution in [0.2, 0.25) is 0 Å². The number of pyridine rings is 1. The van der Waals surface area contributed by atoms with E-state index in [9.17, 15) is 4.79 Å². The van der Waals surface area contributed by atoms with E-state index >= 15 is 0 Å². The van der Waals surface area contributed by atoms with Crippen molar-refractivity contribution < 1.29 is 9.53 Å². The SMILES string of the molecule is Cc1cccc(CCCOC(=O)C(C)Sc2ccccc2)n1. The summed E-state index contributed by atoms with van der Waals surface area (Å²) in [4.78, 5) is 17.5. The summed E-state index contributed by atoms with van der Waals surface area (Å²) in [5.41, 5.74) is 2.06. The van der Waals surface area contributed by atoms with Crippen LogP contribution in [0.3, 0.4) is 0 Å². The van der Waals surface area contributed by atoms with Gasteiger partial charge in [-0.25, -0.2) is 0 Å². The summed E-state index contributed by atoms with van der Waals surface area (Å²) in [5, 5.41) is -0.195. The quantitative estimate of drug-likeness (QED) is 0.439. The second kappa shape index (κ2) is 8.59. The first-order valence-corrected chi connectivity index (χ1v) is 8.34. The number of hydrogen-bond donors (Lipinski definition) is 0. The summed E-state index contributed by atoms with van der Waals surface area (Å²) in [6, 6.07) is 15.9. The molecule has 0 fully saturated rings. The van der Waals surface area contributed by atoms with Crippen molar-refractivity contribution in [3.8, 4) is 0 Å². The van der Waals surface area contributed by atoms with Gasteiger partial charge in [0.05, 0.1) is 6.61 Å². The number of rotatable bonds is 7. The zero-order chi connectivity index (χ0) is 15.8. The fraction of sp³-hybridized carbons (Fsp3) is 0.333. The van der Waals surface area contributed by atoms with Crippen LogP contribution < -0.4 is 0 Å². The summed E-state index contributed by atoms with van der Waals surface area (Å²) in [5.74, 6) is -0.161. The van der Waals surface area contributed by atoms with Gasteiger partial charge in [-0.05, 0) is 51.0 Å². The molecule has 0 saturated heterocycles. The van der Waals surface area contributed by atoms with Crippen LogP contribution in [0, 0.1) is 6.92 Å². The van der Waals surface area contributed by atoms with Gasteiger partial charge in [0, 0.05) is 16.3 Å². The van der Waals surface area contributed by atoms with E-state index in [1.54, 1.807) is 0 Å². The van der Waals surface area contributed by atoms with Crippen molar-refractivity contribution >= 4 is 17.7 Å². The highest BCUT2D eigenvalue weighted by Gasteiger charge is 2.15. The third kappa shape index (κ3) is 5.53. The topological polar surface area (TPSA) is 39.2 Å². The Morgan fingerprint density at radius 1 is 1.18 bits per heavy atom. The molecule has 1 unspecified atom stereocenters. The smallest absolute Gasteiger partial charge is 0.319 e. The first kappa shape index (κ1) is 16.6. The van der Waals surface area contributed by atoms with Crippen LogP contribution in [0.15, 0.2) is 53.4 Å². The molecule has 116 valence electrons. The van der Waals surface area contributed by atoms with Crippen molar-refractivity contribution in [1.29, 1.82) is 0 Å². The summed E-state index contributed by atoms with van der Waals surface area (Å²) < 4.78 is 5.34. The predicted octanol–water partition coefficient (Wildman–Crippen LogP) is 4.05. The summed E-state index contributed by atoms with van der Waals surface area (Å²) in [6.07, 6.45) is 1.63. The van der Waals surface area contributed by atoms with Gasteiger partial charge >= 0.3 is 5.97 Å². The van der Waals surface area contributed by atoms with E-state index in [-0.39, 0.29) is 11.2 Å². The third-order valence-electron chi connectivity index (χ3n) is 3.16. The van der Waals surface area contributed by atoms with Crippen molar-refractivity contribution in [2.75, 3.05) is 6.61 Å². The van der Waals surface area contributed by atoms with Crippen molar-refractivity contribution in [2.24, 2.45) is 0 Å². The van der Waals surface area contributed by atoms with Crippen LogP contribution in [-0.4, -0.2) is 22.8 Å². The van der Waals surface area contributed by atoms with Crippen LogP contribution in [-0.2, 0) is 16.0 Å². The molecule has 0 bridgehead atoms. The highest BCUT2D eigenvalue weighted by Crippen LogP contribution is 2.23. The maximum atomic E-state index is 12.0. The van der Waals surface area contributed by atoms with Crippen molar-refractivity contribution in [1.82, 2.24) is 4.98 Å². The van der Waals surface area contributed by atoms with Crippen LogP contribution in [0.4, 0.5) is 0 Å². The molecule has 2 aromatic rings. The molecule has 0 aliphatic rings. The molecule has 0 aliphatic heterocycles. The van der Waals surface area contributed by atoms with Crippen LogP contribution >= 0.6 is 11.8 Å². The van der Waals surface area contributed by atoms with Gasteiger partial charge in [-0.1, -0.05) is 24.3 Å². The minimum atomic E-state index is -0.195. The van der Waals surface area contributed by atoms with E-state index < -0.39 is 0 Å². The molecule has 22 heavy (non-hydrogen) atoms. The van der Waals surface area contributed by atoms with Crippen LogP contribution in [0.1, 0.15) is 24.7 Å². The van der Waals surface area contributed by atoms with Gasteiger partial charge in [-0.15, -0.1) is 11.8 Å². The molecule has 1 atom stereocenters. The Labute approximate surface area is 136 Å². The molecule has 0 aliphatic carbocycles. The van der Waals surface area contributed by atoms with E-state index in [0.717, 1.165) is 29.1 Å². The third-order valence-corrected chi connectivity index (χ3v) is 4.25. The summed E-state index contributed by atoms with van der Waals surface area (Å²) >= 11 is 1.52. The Bertz CT molecular complexity index is 601. The van der Waals surface area contributed by atoms with Gasteiger partial charge in [-0.3, -0.25) is 9.78 Å². The van der Waals surface area contributed by atoms with Gasteiger partial charge in [0.25, 0.3) is 0 Å². The Morgan fingerprint density at radius 3 is 2.68 bits per heavy atom. The minimum Gasteiger partial charge on any atom is -0.465 e. The lowest BCUT2D eigenvalue weighted by molar-refractivity contribution is -0.142. The van der Waals surface area contributed by atoms with E-state index in [1.807, 2.05) is 62.4 Å². The first-order valence-electron chi connectivity index (χ1n) is 7.46. The fourth-order valence-electron chi connectivity index (χ4n) is 2.03. The fourth-order valence-corrected chi connectivity index (χ4v) is 2.92. The Morgan fingerprint density at radius 2 is 1.95 bits per heavy atom. The number of carbonyl (C=O) groups is 1. The van der Waals surface area contributed by atoms with Crippen LogP contribution in [0.5, 0.6) is 0 Å². The second-order valence-corrected chi connectivity index (χ2v) is 6.53. The molecule has 4 heteroatoms. The van der Waals surface area contributed by atoms with Crippen molar-refractivity contribution in [3.05, 3.63) is 59.9 Å². The molecule has 0 radical (unpaired) electrons. The van der Waals surface area contributed by atoms with Crippen molar-refractivity contribution in [2.45, 2.75) is 36.8 Å². The minimum absolute atomic E-state index is 0.161. The molecule has 0 saturated carbocycles. The second-order valence-electron chi connectivity index (χ2n) is 5.11. The molecule has 2 rings (SSSR count). The maximum absolute atomic E-state index is 12.0. The van der Waals surface area contributed by atoms with E-state index in [2.05, 4.69) is 4.98 Å². The molecule has 0 N–H and O–H groups in total. The Kier molecular flexibility index (Phi) is 6.46. The zero-order valence-electron chi connectivity index (χ0n) is 13.0. The number of aryl methyl sites for hydroxylation is 2. The van der Waals surface area contributed by atoms with E-state index in [0.29, 0.717) is 6.61 Å². The number of aromatic nitrogens is 1. The number of nitrogens with zero attached hydrogens (tertiary/aromatic N) is 1. The van der Waals surface area contributed by atoms with Crippen LogP contribution in [0.25, 0.3) is 0 Å². The number of esters is 1. The molecule has 1 aromatic heterocycles. The molecule has 0 spiro atoms. The number of benzene rings is 1. The average molecular weight is 315 g/mol. The van der Waals surface area contributed by atoms with Gasteiger partial charge in [0.2, 0.25) is 0 Å². The monoisotopic (exact) mass is 315 g/mol. The molecule has 3 nitrogen and oxygen atoms in total. The highest BCUT2D eigenvalue weighted by atomic mass is 32.2. The summed E-state index contributed by atoms with van der Waals surface area (Å²) in [6.45, 7) is 4.29. The average Bonchev–Trinajstić information content (AvgIpc) is 2.52.